The number of halogens is 1. The molecule has 0 atom stereocenters. The maximum absolute atomic E-state index is 5.59. The molecule has 0 amide bonds. The summed E-state index contributed by atoms with van der Waals surface area (Å²) in [7, 11) is 5.11. The van der Waals surface area contributed by atoms with Gasteiger partial charge in [-0.2, -0.15) is 0 Å². The van der Waals surface area contributed by atoms with E-state index in [0.717, 1.165) is 55.6 Å². The van der Waals surface area contributed by atoms with Crippen LogP contribution in [0.5, 0.6) is 11.5 Å². The van der Waals surface area contributed by atoms with Gasteiger partial charge in [-0.05, 0) is 42.5 Å². The Labute approximate surface area is 175 Å². The molecule has 1 rings (SSSR count). The Morgan fingerprint density at radius 3 is 2.42 bits per heavy atom. The van der Waals surface area contributed by atoms with Crippen LogP contribution in [-0.2, 0) is 11.2 Å². The smallest absolute Gasteiger partial charge is 0.191 e. The number of nitrogens with zero attached hydrogens (tertiary/aromatic N) is 1. The molecular formula is C19H34IN3O3. The maximum atomic E-state index is 5.59. The van der Waals surface area contributed by atoms with Crippen molar-refractivity contribution in [3.05, 3.63) is 23.8 Å². The second-order valence-electron chi connectivity index (χ2n) is 6.15. The molecule has 0 fully saturated rings. The highest BCUT2D eigenvalue weighted by Gasteiger charge is 2.05. The van der Waals surface area contributed by atoms with Crippen LogP contribution in [0.2, 0.25) is 0 Å². The van der Waals surface area contributed by atoms with Crippen molar-refractivity contribution in [2.75, 3.05) is 47.6 Å². The molecule has 0 aliphatic rings. The van der Waals surface area contributed by atoms with Gasteiger partial charge in [0.05, 0.1) is 20.8 Å². The van der Waals surface area contributed by atoms with E-state index in [9.17, 15) is 0 Å². The number of rotatable bonds is 11. The van der Waals surface area contributed by atoms with Crippen LogP contribution in [0, 0.1) is 5.92 Å². The first kappa shape index (κ1) is 24.8. The lowest BCUT2D eigenvalue weighted by molar-refractivity contribution is 0.128. The lowest BCUT2D eigenvalue weighted by Gasteiger charge is -2.14. The summed E-state index contributed by atoms with van der Waals surface area (Å²) in [5.74, 6) is 3.14. The molecule has 1 aromatic carbocycles. The number of ether oxygens (including phenoxy) is 3. The van der Waals surface area contributed by atoms with Crippen LogP contribution in [0.1, 0.15) is 25.8 Å². The van der Waals surface area contributed by atoms with Crippen molar-refractivity contribution in [2.24, 2.45) is 10.9 Å². The van der Waals surface area contributed by atoms with Crippen LogP contribution in [0.4, 0.5) is 0 Å². The third kappa shape index (κ3) is 10.1. The van der Waals surface area contributed by atoms with Gasteiger partial charge in [-0.1, -0.05) is 13.8 Å². The van der Waals surface area contributed by atoms with E-state index in [-0.39, 0.29) is 24.0 Å². The third-order valence-corrected chi connectivity index (χ3v) is 3.78. The van der Waals surface area contributed by atoms with E-state index in [0.29, 0.717) is 12.5 Å². The van der Waals surface area contributed by atoms with Gasteiger partial charge in [0, 0.05) is 26.7 Å². The predicted octanol–water partition coefficient (Wildman–Crippen LogP) is 3.09. The van der Waals surface area contributed by atoms with Crippen molar-refractivity contribution in [1.82, 2.24) is 10.6 Å². The summed E-state index contributed by atoms with van der Waals surface area (Å²) < 4.78 is 16.3. The fourth-order valence-electron chi connectivity index (χ4n) is 2.28. The van der Waals surface area contributed by atoms with E-state index in [4.69, 9.17) is 14.2 Å². The average molecular weight is 479 g/mol. The minimum atomic E-state index is 0. The summed E-state index contributed by atoms with van der Waals surface area (Å²) in [5, 5.41) is 6.56. The number of guanidine groups is 1. The predicted molar refractivity (Wildman–Crippen MR) is 118 cm³/mol. The van der Waals surface area contributed by atoms with Gasteiger partial charge in [0.1, 0.15) is 11.5 Å². The lowest BCUT2D eigenvalue weighted by atomic mass is 10.1. The Hall–Kier alpha value is -1.22. The summed E-state index contributed by atoms with van der Waals surface area (Å²) in [6.07, 6.45) is 1.90. The number of hydrogen-bond acceptors (Lipinski definition) is 4. The molecule has 7 heteroatoms. The summed E-state index contributed by atoms with van der Waals surface area (Å²) in [4.78, 5) is 4.22. The number of aliphatic imine (C=N–C) groups is 1. The third-order valence-electron chi connectivity index (χ3n) is 3.78. The lowest BCUT2D eigenvalue weighted by Crippen LogP contribution is -2.39. The summed E-state index contributed by atoms with van der Waals surface area (Å²) in [5.41, 5.74) is 1.10. The molecule has 0 unspecified atom stereocenters. The van der Waals surface area contributed by atoms with Crippen molar-refractivity contribution in [1.29, 1.82) is 0 Å². The van der Waals surface area contributed by atoms with Gasteiger partial charge in [-0.15, -0.1) is 24.0 Å². The number of benzene rings is 1. The van der Waals surface area contributed by atoms with Crippen molar-refractivity contribution in [3.63, 3.8) is 0 Å². The first-order valence-electron chi connectivity index (χ1n) is 8.83. The highest BCUT2D eigenvalue weighted by molar-refractivity contribution is 14.0. The Morgan fingerprint density at radius 2 is 1.81 bits per heavy atom. The van der Waals surface area contributed by atoms with Gasteiger partial charge in [0.25, 0.3) is 0 Å². The largest absolute Gasteiger partial charge is 0.497 e. The highest BCUT2D eigenvalue weighted by atomic mass is 127. The molecule has 0 saturated heterocycles. The van der Waals surface area contributed by atoms with Crippen LogP contribution in [-0.4, -0.2) is 53.5 Å². The molecule has 0 aliphatic heterocycles. The maximum Gasteiger partial charge on any atom is 0.191 e. The van der Waals surface area contributed by atoms with E-state index in [2.05, 4.69) is 29.5 Å². The van der Waals surface area contributed by atoms with Crippen molar-refractivity contribution < 1.29 is 14.2 Å². The SMILES string of the molecule is CN=C(NCCOCCC(C)C)NCCc1cc(OC)ccc1OC.I. The molecule has 0 aromatic heterocycles. The van der Waals surface area contributed by atoms with E-state index >= 15 is 0 Å². The zero-order valence-corrected chi connectivity index (χ0v) is 19.0. The Bertz CT molecular complexity index is 525. The first-order chi connectivity index (χ1) is 12.1. The Balaban J connectivity index is 0.00000625. The van der Waals surface area contributed by atoms with Crippen LogP contribution in [0.15, 0.2) is 23.2 Å². The van der Waals surface area contributed by atoms with E-state index in [1.165, 1.54) is 0 Å². The summed E-state index contributed by atoms with van der Waals surface area (Å²) >= 11 is 0. The first-order valence-corrected chi connectivity index (χ1v) is 8.83. The highest BCUT2D eigenvalue weighted by Crippen LogP contribution is 2.24. The van der Waals surface area contributed by atoms with Gasteiger partial charge < -0.3 is 24.8 Å². The van der Waals surface area contributed by atoms with Crippen molar-refractivity contribution >= 4 is 29.9 Å². The second kappa shape index (κ2) is 14.9. The topological polar surface area (TPSA) is 64.1 Å². The summed E-state index contributed by atoms with van der Waals surface area (Å²) in [6.45, 7) is 7.37. The molecule has 0 bridgehead atoms. The van der Waals surface area contributed by atoms with E-state index in [1.54, 1.807) is 21.3 Å². The molecule has 0 aliphatic carbocycles. The molecule has 0 spiro atoms. The zero-order valence-electron chi connectivity index (χ0n) is 16.6. The Morgan fingerprint density at radius 1 is 1.08 bits per heavy atom. The monoisotopic (exact) mass is 479 g/mol. The fourth-order valence-corrected chi connectivity index (χ4v) is 2.28. The standard InChI is InChI=1S/C19H33N3O3.HI/c1-15(2)9-12-25-13-11-22-19(20-3)21-10-8-16-14-17(23-4)6-7-18(16)24-5;/h6-7,14-15H,8-13H2,1-5H3,(H2,20,21,22);1H. The zero-order chi connectivity index (χ0) is 18.5. The number of methoxy groups -OCH3 is 2. The van der Waals surface area contributed by atoms with Crippen LogP contribution in [0.3, 0.4) is 0 Å². The minimum Gasteiger partial charge on any atom is -0.497 e. The number of hydrogen-bond donors (Lipinski definition) is 2. The van der Waals surface area contributed by atoms with E-state index < -0.39 is 0 Å². The number of nitrogens with one attached hydrogen (secondary N) is 2. The quantitative estimate of drug-likeness (QED) is 0.221. The minimum absolute atomic E-state index is 0. The molecule has 1 aromatic rings. The molecular weight excluding hydrogens is 445 g/mol. The fraction of sp³-hybridized carbons (Fsp3) is 0.632. The normalized spacial score (nSPS) is 11.1. The average Bonchev–Trinajstić information content (AvgIpc) is 2.62. The van der Waals surface area contributed by atoms with Gasteiger partial charge in [0.2, 0.25) is 0 Å². The van der Waals surface area contributed by atoms with Gasteiger partial charge in [0.15, 0.2) is 5.96 Å². The van der Waals surface area contributed by atoms with E-state index in [1.807, 2.05) is 18.2 Å². The molecule has 6 nitrogen and oxygen atoms in total. The molecule has 0 radical (unpaired) electrons. The van der Waals surface area contributed by atoms with Crippen LogP contribution >= 0.6 is 24.0 Å². The van der Waals surface area contributed by atoms with Crippen molar-refractivity contribution in [3.8, 4) is 11.5 Å². The molecule has 0 heterocycles. The summed E-state index contributed by atoms with van der Waals surface area (Å²) in [6, 6.07) is 5.82. The van der Waals surface area contributed by atoms with Crippen molar-refractivity contribution in [2.45, 2.75) is 26.7 Å². The Kier molecular flexibility index (Phi) is 14.2. The van der Waals surface area contributed by atoms with Gasteiger partial charge in [-0.25, -0.2) is 0 Å². The van der Waals surface area contributed by atoms with Gasteiger partial charge >= 0.3 is 0 Å². The molecule has 150 valence electrons. The molecule has 0 saturated carbocycles. The van der Waals surface area contributed by atoms with Crippen LogP contribution < -0.4 is 20.1 Å². The second-order valence-corrected chi connectivity index (χ2v) is 6.15. The van der Waals surface area contributed by atoms with Crippen LogP contribution in [0.25, 0.3) is 0 Å². The molecule has 2 N–H and O–H groups in total. The van der Waals surface area contributed by atoms with Gasteiger partial charge in [-0.3, -0.25) is 4.99 Å². The molecule has 26 heavy (non-hydrogen) atoms.